The van der Waals surface area contributed by atoms with E-state index < -0.39 is 5.92 Å². The first-order chi connectivity index (χ1) is 13.0. The van der Waals surface area contributed by atoms with E-state index in [1.54, 1.807) is 18.2 Å². The van der Waals surface area contributed by atoms with E-state index in [-0.39, 0.29) is 23.8 Å². The average Bonchev–Trinajstić information content (AvgIpc) is 2.65. The number of nitriles is 1. The Hall–Kier alpha value is -2.91. The number of halogens is 1. The van der Waals surface area contributed by atoms with Crippen LogP contribution in [0.15, 0.2) is 47.6 Å². The van der Waals surface area contributed by atoms with E-state index in [2.05, 4.69) is 12.6 Å². The Morgan fingerprint density at radius 1 is 1.48 bits per heavy atom. The van der Waals surface area contributed by atoms with Crippen LogP contribution in [0.3, 0.4) is 0 Å². The van der Waals surface area contributed by atoms with E-state index >= 15 is 0 Å². The number of ketones is 1. The zero-order valence-corrected chi connectivity index (χ0v) is 15.6. The molecule has 6 nitrogen and oxygen atoms in total. The molecular formula is C20H19ClN2O4. The Morgan fingerprint density at radius 3 is 2.93 bits per heavy atom. The summed E-state index contributed by atoms with van der Waals surface area (Å²) < 4.78 is 16.6. The van der Waals surface area contributed by atoms with Gasteiger partial charge in [0.15, 0.2) is 17.3 Å². The number of rotatable bonds is 5. The van der Waals surface area contributed by atoms with E-state index in [4.69, 9.17) is 31.5 Å². The lowest BCUT2D eigenvalue weighted by Gasteiger charge is -2.31. The monoisotopic (exact) mass is 386 g/mol. The topological polar surface area (TPSA) is 94.6 Å². The van der Waals surface area contributed by atoms with Crippen LogP contribution < -0.4 is 15.2 Å². The van der Waals surface area contributed by atoms with Gasteiger partial charge >= 0.3 is 0 Å². The van der Waals surface area contributed by atoms with Crippen molar-refractivity contribution < 1.29 is 19.0 Å². The number of methoxy groups -OCH3 is 1. The summed E-state index contributed by atoms with van der Waals surface area (Å²) in [5.74, 6) is 0.601. The Morgan fingerprint density at radius 2 is 2.26 bits per heavy atom. The van der Waals surface area contributed by atoms with Crippen molar-refractivity contribution in [1.82, 2.24) is 0 Å². The molecule has 2 aliphatic rings. The van der Waals surface area contributed by atoms with Crippen LogP contribution >= 0.6 is 11.6 Å². The zero-order valence-electron chi connectivity index (χ0n) is 14.9. The average molecular weight is 387 g/mol. The first-order valence-electron chi connectivity index (χ1n) is 8.46. The van der Waals surface area contributed by atoms with Gasteiger partial charge in [-0.2, -0.15) is 5.26 Å². The van der Waals surface area contributed by atoms with Crippen LogP contribution in [0.2, 0.25) is 5.02 Å². The predicted molar refractivity (Wildman–Crippen MR) is 100 cm³/mol. The number of carbonyl (C=O) groups excluding carboxylic acids is 1. The predicted octanol–water partition coefficient (Wildman–Crippen LogP) is 3.73. The second-order valence-electron chi connectivity index (χ2n) is 6.17. The van der Waals surface area contributed by atoms with Crippen molar-refractivity contribution in [3.05, 3.63) is 58.2 Å². The lowest BCUT2D eigenvalue weighted by molar-refractivity contribution is -0.116. The van der Waals surface area contributed by atoms with Gasteiger partial charge < -0.3 is 19.9 Å². The van der Waals surface area contributed by atoms with Crippen molar-refractivity contribution in [3.63, 3.8) is 0 Å². The third kappa shape index (κ3) is 3.38. The molecule has 1 atom stereocenters. The lowest BCUT2D eigenvalue weighted by atomic mass is 9.77. The van der Waals surface area contributed by atoms with Crippen LogP contribution in [0.1, 0.15) is 30.7 Å². The molecule has 7 heteroatoms. The Labute approximate surface area is 162 Å². The van der Waals surface area contributed by atoms with Crippen LogP contribution in [-0.2, 0) is 9.53 Å². The van der Waals surface area contributed by atoms with Gasteiger partial charge in [0.2, 0.25) is 5.88 Å². The second-order valence-corrected chi connectivity index (χ2v) is 6.58. The van der Waals surface area contributed by atoms with Crippen molar-refractivity contribution in [2.24, 2.45) is 5.73 Å². The standard InChI is InChI=1S/C20H19ClN2O4/c1-3-7-26-19-13(21)8-11(9-16(19)25-2)17-12(10-22)20(23)27-15-6-4-5-14(24)18(15)17/h3,8-9,17H,1,4-7,23H2,2H3. The van der Waals surface area contributed by atoms with Crippen molar-refractivity contribution >= 4 is 17.4 Å². The van der Waals surface area contributed by atoms with Crippen LogP contribution in [0, 0.1) is 11.3 Å². The van der Waals surface area contributed by atoms with Crippen molar-refractivity contribution in [3.8, 4) is 17.6 Å². The summed E-state index contributed by atoms with van der Waals surface area (Å²) in [5.41, 5.74) is 7.23. The zero-order chi connectivity index (χ0) is 19.6. The minimum Gasteiger partial charge on any atom is -0.493 e. The fourth-order valence-corrected chi connectivity index (χ4v) is 3.65. The highest BCUT2D eigenvalue weighted by atomic mass is 35.5. The van der Waals surface area contributed by atoms with Gasteiger partial charge in [-0.05, 0) is 24.1 Å². The Bertz CT molecular complexity index is 911. The normalized spacial score (nSPS) is 19.1. The van der Waals surface area contributed by atoms with Gasteiger partial charge in [-0.15, -0.1) is 0 Å². The summed E-state index contributed by atoms with van der Waals surface area (Å²) in [6.45, 7) is 3.87. The molecule has 0 saturated carbocycles. The van der Waals surface area contributed by atoms with Gasteiger partial charge in [0.05, 0.1) is 18.1 Å². The maximum absolute atomic E-state index is 12.6. The highest BCUT2D eigenvalue weighted by Gasteiger charge is 2.38. The van der Waals surface area contributed by atoms with E-state index in [9.17, 15) is 10.1 Å². The van der Waals surface area contributed by atoms with Crippen LogP contribution in [0.5, 0.6) is 11.5 Å². The molecule has 1 heterocycles. The van der Waals surface area contributed by atoms with Gasteiger partial charge in [0.25, 0.3) is 0 Å². The van der Waals surface area contributed by atoms with Crippen LogP contribution in [0.4, 0.5) is 0 Å². The van der Waals surface area contributed by atoms with Crippen molar-refractivity contribution in [1.29, 1.82) is 5.26 Å². The molecular weight excluding hydrogens is 368 g/mol. The number of carbonyl (C=O) groups is 1. The Kier molecular flexibility index (Phi) is 5.43. The fourth-order valence-electron chi connectivity index (χ4n) is 3.38. The summed E-state index contributed by atoms with van der Waals surface area (Å²) >= 11 is 6.41. The minimum absolute atomic E-state index is 0.0121. The van der Waals surface area contributed by atoms with Crippen molar-refractivity contribution in [2.75, 3.05) is 13.7 Å². The summed E-state index contributed by atoms with van der Waals surface area (Å²) in [6, 6.07) is 5.44. The highest BCUT2D eigenvalue weighted by Crippen LogP contribution is 2.46. The SMILES string of the molecule is C=CCOc1c(Cl)cc(C2C(C#N)=C(N)OC3=C2C(=O)CCC3)cc1OC. The molecule has 0 radical (unpaired) electrons. The van der Waals surface area contributed by atoms with Gasteiger partial charge in [-0.25, -0.2) is 0 Å². The molecule has 3 rings (SSSR count). The smallest absolute Gasteiger partial charge is 0.205 e. The molecule has 0 saturated heterocycles. The maximum atomic E-state index is 12.6. The number of Topliss-reactive ketones (excluding diaryl/α,β-unsaturated/α-hetero) is 1. The molecule has 0 fully saturated rings. The molecule has 0 bridgehead atoms. The van der Waals surface area contributed by atoms with Gasteiger partial charge in [-0.3, -0.25) is 4.79 Å². The molecule has 0 spiro atoms. The van der Waals surface area contributed by atoms with Gasteiger partial charge in [0.1, 0.15) is 24.0 Å². The number of allylic oxidation sites excluding steroid dienone is 3. The third-order valence-corrected chi connectivity index (χ3v) is 4.82. The van der Waals surface area contributed by atoms with Crippen molar-refractivity contribution in [2.45, 2.75) is 25.2 Å². The molecule has 1 aromatic rings. The largest absolute Gasteiger partial charge is 0.493 e. The lowest BCUT2D eigenvalue weighted by Crippen LogP contribution is -2.27. The molecule has 2 N–H and O–H groups in total. The molecule has 1 unspecified atom stereocenters. The summed E-state index contributed by atoms with van der Waals surface area (Å²) in [7, 11) is 1.49. The van der Waals surface area contributed by atoms with E-state index in [1.165, 1.54) is 7.11 Å². The highest BCUT2D eigenvalue weighted by molar-refractivity contribution is 6.32. The Balaban J connectivity index is 2.17. The molecule has 140 valence electrons. The summed E-state index contributed by atoms with van der Waals surface area (Å²) in [6.07, 6.45) is 3.29. The first-order valence-corrected chi connectivity index (χ1v) is 8.84. The molecule has 0 aromatic heterocycles. The van der Waals surface area contributed by atoms with E-state index in [0.29, 0.717) is 52.7 Å². The molecule has 1 aliphatic heterocycles. The number of hydrogen-bond donors (Lipinski definition) is 1. The second kappa shape index (κ2) is 7.77. The van der Waals surface area contributed by atoms with Gasteiger partial charge in [0, 0.05) is 18.4 Å². The molecule has 1 aromatic carbocycles. The summed E-state index contributed by atoms with van der Waals surface area (Å²) in [5, 5.41) is 9.94. The number of ether oxygens (including phenoxy) is 3. The van der Waals surface area contributed by atoms with Crippen LogP contribution in [0.25, 0.3) is 0 Å². The number of benzene rings is 1. The maximum Gasteiger partial charge on any atom is 0.205 e. The molecule has 27 heavy (non-hydrogen) atoms. The first kappa shape index (κ1) is 18.9. The van der Waals surface area contributed by atoms with Crippen LogP contribution in [-0.4, -0.2) is 19.5 Å². The number of nitrogens with two attached hydrogens (primary N) is 1. The minimum atomic E-state index is -0.647. The fraction of sp³-hybridized carbons (Fsp3) is 0.300. The quantitative estimate of drug-likeness (QED) is 0.775. The number of hydrogen-bond acceptors (Lipinski definition) is 6. The number of nitrogens with zero attached hydrogens (tertiary/aromatic N) is 1. The summed E-state index contributed by atoms with van der Waals surface area (Å²) in [4.78, 5) is 12.6. The van der Waals surface area contributed by atoms with E-state index in [1.807, 2.05) is 0 Å². The molecule has 1 aliphatic carbocycles. The van der Waals surface area contributed by atoms with E-state index in [0.717, 1.165) is 0 Å². The molecule has 0 amide bonds. The van der Waals surface area contributed by atoms with Gasteiger partial charge in [-0.1, -0.05) is 24.3 Å². The third-order valence-electron chi connectivity index (χ3n) is 4.54.